The molecule has 102 valence electrons. The number of aliphatic hydroxyl groups excluding tert-OH is 1. The van der Waals surface area contributed by atoms with Crippen molar-refractivity contribution in [3.63, 3.8) is 0 Å². The molecule has 1 aromatic carbocycles. The molecule has 1 aromatic rings. The van der Waals surface area contributed by atoms with E-state index in [1.807, 2.05) is 0 Å². The molecule has 0 radical (unpaired) electrons. The topological polar surface area (TPSA) is 62.0 Å². The number of carbonyl (C=O) groups is 1. The molecule has 0 saturated carbocycles. The van der Waals surface area contributed by atoms with E-state index in [0.717, 1.165) is 0 Å². The molecular weight excluding hydrogens is 423 g/mol. The summed E-state index contributed by atoms with van der Waals surface area (Å²) in [6, 6.07) is 1.56. The van der Waals surface area contributed by atoms with Crippen molar-refractivity contribution in [3.8, 4) is 0 Å². The minimum absolute atomic E-state index is 0.137. The molecule has 0 amide bonds. The molecule has 0 aliphatic carbocycles. The lowest BCUT2D eigenvalue weighted by molar-refractivity contribution is -0.113. The van der Waals surface area contributed by atoms with E-state index in [9.17, 15) is 9.90 Å². The number of hydrogen-bond acceptors (Lipinski definition) is 4. The van der Waals surface area contributed by atoms with Crippen LogP contribution in [-0.4, -0.2) is 10.9 Å². The van der Waals surface area contributed by atoms with Gasteiger partial charge in [-0.3, -0.25) is 4.79 Å². The van der Waals surface area contributed by atoms with Crippen LogP contribution in [0.5, 0.6) is 0 Å². The molecule has 0 spiro atoms. The summed E-state index contributed by atoms with van der Waals surface area (Å²) in [6.45, 7) is 2.63. The summed E-state index contributed by atoms with van der Waals surface area (Å²) in [5.41, 5.74) is 0.136. The third kappa shape index (κ3) is 4.02. The van der Waals surface area contributed by atoms with Crippen molar-refractivity contribution in [1.82, 2.24) is 0 Å². The van der Waals surface area contributed by atoms with Gasteiger partial charge in [-0.05, 0) is 44.8 Å². The van der Waals surface area contributed by atoms with E-state index in [1.165, 1.54) is 13.8 Å². The van der Waals surface area contributed by atoms with Crippen LogP contribution in [-0.2, 0) is 4.79 Å². The number of allylic oxidation sites excluding steroid dienone is 2. The Bertz CT molecular complexity index is 597. The molecule has 0 fully saturated rings. The zero-order valence-electron chi connectivity index (χ0n) is 9.84. The Labute approximate surface area is 136 Å². The highest BCUT2D eigenvalue weighted by molar-refractivity contribution is 9.11. The van der Waals surface area contributed by atoms with Gasteiger partial charge in [0.05, 0.1) is 14.5 Å². The lowest BCUT2D eigenvalue weighted by atomic mass is 10.3. The van der Waals surface area contributed by atoms with E-state index in [0.29, 0.717) is 19.0 Å². The van der Waals surface area contributed by atoms with Crippen LogP contribution < -0.4 is 0 Å². The molecule has 0 unspecified atom stereocenters. The molecular formula is C11H8Br2Cl2N2O2. The Hall–Kier alpha value is -0.430. The number of aliphatic hydroxyl groups is 1. The van der Waals surface area contributed by atoms with Crippen molar-refractivity contribution >= 4 is 66.5 Å². The van der Waals surface area contributed by atoms with Crippen LogP contribution in [0.2, 0.25) is 10.0 Å². The molecule has 0 aromatic heterocycles. The number of carbonyl (C=O) groups excluding carboxylic acids is 1. The second-order valence-corrected chi connectivity index (χ2v) is 5.94. The minimum Gasteiger partial charge on any atom is -0.510 e. The molecule has 0 bridgehead atoms. The third-order valence-corrected chi connectivity index (χ3v) is 4.55. The molecule has 0 heterocycles. The average molecular weight is 431 g/mol. The second-order valence-electron chi connectivity index (χ2n) is 3.51. The van der Waals surface area contributed by atoms with E-state index in [4.69, 9.17) is 23.2 Å². The van der Waals surface area contributed by atoms with E-state index in [2.05, 4.69) is 42.1 Å². The van der Waals surface area contributed by atoms with Crippen LogP contribution in [0.3, 0.4) is 0 Å². The monoisotopic (exact) mass is 428 g/mol. The molecule has 0 aliphatic rings. The predicted molar refractivity (Wildman–Crippen MR) is 82.4 cm³/mol. The van der Waals surface area contributed by atoms with E-state index in [-0.39, 0.29) is 17.1 Å². The first kappa shape index (κ1) is 16.6. The summed E-state index contributed by atoms with van der Waals surface area (Å²) in [5, 5.41) is 17.6. The van der Waals surface area contributed by atoms with E-state index >= 15 is 0 Å². The van der Waals surface area contributed by atoms with Crippen LogP contribution in [0.1, 0.15) is 13.8 Å². The Morgan fingerprint density at radius 2 is 1.89 bits per heavy atom. The smallest absolute Gasteiger partial charge is 0.183 e. The van der Waals surface area contributed by atoms with Crippen molar-refractivity contribution in [2.45, 2.75) is 13.8 Å². The maximum atomic E-state index is 11.2. The van der Waals surface area contributed by atoms with Crippen LogP contribution in [0.25, 0.3) is 0 Å². The van der Waals surface area contributed by atoms with Gasteiger partial charge < -0.3 is 5.11 Å². The zero-order chi connectivity index (χ0) is 14.7. The van der Waals surface area contributed by atoms with E-state index < -0.39 is 5.78 Å². The highest BCUT2D eigenvalue weighted by Gasteiger charge is 2.14. The predicted octanol–water partition coefficient (Wildman–Crippen LogP) is 5.98. The SMILES string of the molecule is CC(=O)/C(N=Nc1c(Cl)cc(Br)c(Cl)c1Br)=C(/C)O. The van der Waals surface area contributed by atoms with Gasteiger partial charge in [0, 0.05) is 11.4 Å². The normalized spacial score (nSPS) is 12.7. The maximum absolute atomic E-state index is 11.2. The molecule has 4 nitrogen and oxygen atoms in total. The number of benzene rings is 1. The van der Waals surface area contributed by atoms with Crippen molar-refractivity contribution < 1.29 is 9.90 Å². The Kier molecular flexibility index (Phi) is 5.98. The number of azo groups is 1. The summed E-state index contributed by atoms with van der Waals surface area (Å²) in [4.78, 5) is 11.2. The van der Waals surface area contributed by atoms with Gasteiger partial charge >= 0.3 is 0 Å². The average Bonchev–Trinajstić information content (AvgIpc) is 2.29. The number of ketones is 1. The first-order valence-corrected chi connectivity index (χ1v) is 7.25. The fourth-order valence-electron chi connectivity index (χ4n) is 1.15. The molecule has 8 heteroatoms. The molecule has 0 saturated heterocycles. The van der Waals surface area contributed by atoms with Crippen molar-refractivity contribution in [2.75, 3.05) is 0 Å². The first-order valence-electron chi connectivity index (χ1n) is 4.91. The summed E-state index contributed by atoms with van der Waals surface area (Å²) in [5.74, 6) is -0.620. The van der Waals surface area contributed by atoms with Crippen molar-refractivity contribution in [1.29, 1.82) is 0 Å². The Balaban J connectivity index is 3.31. The maximum Gasteiger partial charge on any atom is 0.183 e. The third-order valence-electron chi connectivity index (χ3n) is 2.02. The highest BCUT2D eigenvalue weighted by atomic mass is 79.9. The lowest BCUT2D eigenvalue weighted by Gasteiger charge is -2.05. The van der Waals surface area contributed by atoms with Crippen LogP contribution in [0, 0.1) is 0 Å². The number of Topliss-reactive ketones (excluding diaryl/α,β-unsaturated/α-hetero) is 1. The van der Waals surface area contributed by atoms with Gasteiger partial charge in [0.25, 0.3) is 0 Å². The number of nitrogens with zero attached hydrogens (tertiary/aromatic N) is 2. The van der Waals surface area contributed by atoms with Crippen LogP contribution in [0.15, 0.2) is 36.7 Å². The first-order chi connectivity index (χ1) is 8.75. The van der Waals surface area contributed by atoms with Gasteiger partial charge in [-0.1, -0.05) is 23.2 Å². The highest BCUT2D eigenvalue weighted by Crippen LogP contribution is 2.43. The van der Waals surface area contributed by atoms with Gasteiger partial charge in [-0.15, -0.1) is 10.2 Å². The fourth-order valence-corrected chi connectivity index (χ4v) is 2.98. The summed E-state index contributed by atoms with van der Waals surface area (Å²) in [7, 11) is 0. The van der Waals surface area contributed by atoms with Crippen LogP contribution in [0.4, 0.5) is 5.69 Å². The van der Waals surface area contributed by atoms with Gasteiger partial charge in [0.1, 0.15) is 11.4 Å². The molecule has 0 aliphatic heterocycles. The number of halogens is 4. The summed E-state index contributed by atoms with van der Waals surface area (Å²) in [6.07, 6.45) is 0. The quantitative estimate of drug-likeness (QED) is 0.211. The number of hydrogen-bond donors (Lipinski definition) is 1. The van der Waals surface area contributed by atoms with Gasteiger partial charge in [0.15, 0.2) is 11.5 Å². The lowest BCUT2D eigenvalue weighted by Crippen LogP contribution is -1.96. The zero-order valence-corrected chi connectivity index (χ0v) is 14.5. The van der Waals surface area contributed by atoms with Gasteiger partial charge in [0.2, 0.25) is 0 Å². The van der Waals surface area contributed by atoms with Crippen molar-refractivity contribution in [3.05, 3.63) is 36.5 Å². The molecule has 1 rings (SSSR count). The second kappa shape index (κ2) is 6.83. The molecule has 1 N–H and O–H groups in total. The van der Waals surface area contributed by atoms with Crippen LogP contribution >= 0.6 is 55.1 Å². The molecule has 0 atom stereocenters. The van der Waals surface area contributed by atoms with Crippen molar-refractivity contribution in [2.24, 2.45) is 10.2 Å². The van der Waals surface area contributed by atoms with Gasteiger partial charge in [-0.2, -0.15) is 0 Å². The minimum atomic E-state index is -0.404. The largest absolute Gasteiger partial charge is 0.510 e. The van der Waals surface area contributed by atoms with E-state index in [1.54, 1.807) is 6.07 Å². The molecule has 19 heavy (non-hydrogen) atoms. The Morgan fingerprint density at radius 3 is 2.37 bits per heavy atom. The summed E-state index contributed by atoms with van der Waals surface area (Å²) >= 11 is 18.5. The standard InChI is InChI=1S/C11H8Br2Cl2N2O2/c1-4(18)10(5(2)19)16-17-11-7(14)3-6(12)9(15)8(11)13/h3,18H,1-2H3/b10-4+,17-16?. The summed E-state index contributed by atoms with van der Waals surface area (Å²) < 4.78 is 1.04. The fraction of sp³-hybridized carbons (Fsp3) is 0.182. The van der Waals surface area contributed by atoms with Gasteiger partial charge in [-0.25, -0.2) is 0 Å². The number of rotatable bonds is 3. The Morgan fingerprint density at radius 1 is 1.32 bits per heavy atom.